The van der Waals surface area contributed by atoms with Gasteiger partial charge in [-0.1, -0.05) is 41.9 Å². The largest absolute Gasteiger partial charge is 0.460 e. The highest BCUT2D eigenvalue weighted by Gasteiger charge is 2.11. The zero-order valence-electron chi connectivity index (χ0n) is 9.27. The summed E-state index contributed by atoms with van der Waals surface area (Å²) in [7, 11) is 0. The normalized spacial score (nSPS) is 11.8. The van der Waals surface area contributed by atoms with Gasteiger partial charge < -0.3 is 4.42 Å². The zero-order valence-corrected chi connectivity index (χ0v) is 10.0. The highest BCUT2D eigenvalue weighted by atomic mass is 35.5. The van der Waals surface area contributed by atoms with Gasteiger partial charge in [0, 0.05) is 0 Å². The number of nitrogens with zero attached hydrogens (tertiary/aromatic N) is 1. The summed E-state index contributed by atoms with van der Waals surface area (Å²) in [6.45, 7) is 1.84. The Bertz CT molecular complexity index is 590. The quantitative estimate of drug-likeness (QED) is 0.741. The van der Waals surface area contributed by atoms with Crippen molar-refractivity contribution >= 4 is 22.2 Å². The molecule has 0 atom stereocenters. The van der Waals surface area contributed by atoms with E-state index in [1.165, 1.54) is 0 Å². The van der Waals surface area contributed by atoms with Crippen LogP contribution in [0.1, 0.15) is 17.1 Å². The van der Waals surface area contributed by atoms with Crippen molar-refractivity contribution in [2.24, 2.45) is 0 Å². The molecule has 0 aliphatic heterocycles. The lowest BCUT2D eigenvalue weighted by Crippen LogP contribution is -1.84. The molecule has 1 aromatic heterocycles. The van der Waals surface area contributed by atoms with Gasteiger partial charge in [-0.15, -0.1) is 0 Å². The number of hydrogen-bond donors (Lipinski definition) is 0. The van der Waals surface area contributed by atoms with Crippen LogP contribution >= 0.6 is 11.6 Å². The highest BCUT2D eigenvalue weighted by molar-refractivity contribution is 6.53. The SMILES string of the molecule is Cc1ccc(C(Cl)=C(C#N)c2ccccc2)o1. The Balaban J connectivity index is 2.52. The van der Waals surface area contributed by atoms with E-state index >= 15 is 0 Å². The van der Waals surface area contributed by atoms with Crippen LogP contribution < -0.4 is 0 Å². The fourth-order valence-corrected chi connectivity index (χ4v) is 1.77. The minimum absolute atomic E-state index is 0.340. The maximum atomic E-state index is 9.18. The van der Waals surface area contributed by atoms with Crippen LogP contribution in [0.3, 0.4) is 0 Å². The first kappa shape index (κ1) is 11.5. The lowest BCUT2D eigenvalue weighted by atomic mass is 10.1. The molecule has 0 N–H and O–H groups in total. The number of hydrogen-bond acceptors (Lipinski definition) is 2. The molecule has 2 nitrogen and oxygen atoms in total. The molecule has 2 aromatic rings. The number of halogens is 1. The molecule has 1 aromatic carbocycles. The first-order valence-electron chi connectivity index (χ1n) is 5.14. The summed E-state index contributed by atoms with van der Waals surface area (Å²) in [6, 6.07) is 15.0. The van der Waals surface area contributed by atoms with Gasteiger partial charge in [0.05, 0.1) is 5.57 Å². The maximum absolute atomic E-state index is 9.18. The Labute approximate surface area is 105 Å². The number of benzene rings is 1. The Hall–Kier alpha value is -1.98. The molecule has 0 bridgehead atoms. The second kappa shape index (κ2) is 4.90. The maximum Gasteiger partial charge on any atom is 0.146 e. The van der Waals surface area contributed by atoms with E-state index in [9.17, 15) is 5.26 Å². The molecule has 0 unspecified atom stereocenters. The third kappa shape index (κ3) is 2.41. The first-order valence-corrected chi connectivity index (χ1v) is 5.52. The zero-order chi connectivity index (χ0) is 12.3. The fourth-order valence-electron chi connectivity index (χ4n) is 1.52. The summed E-state index contributed by atoms with van der Waals surface area (Å²) in [5.74, 6) is 1.29. The average molecular weight is 244 g/mol. The van der Waals surface area contributed by atoms with Crippen molar-refractivity contribution in [2.45, 2.75) is 6.92 Å². The van der Waals surface area contributed by atoms with Crippen LogP contribution in [0, 0.1) is 18.3 Å². The second-order valence-corrected chi connectivity index (χ2v) is 3.96. The lowest BCUT2D eigenvalue weighted by molar-refractivity contribution is 0.524. The van der Waals surface area contributed by atoms with Crippen molar-refractivity contribution < 1.29 is 4.42 Å². The van der Waals surface area contributed by atoms with Gasteiger partial charge in [0.15, 0.2) is 0 Å². The van der Waals surface area contributed by atoms with Crippen molar-refractivity contribution in [3.8, 4) is 6.07 Å². The molecule has 0 amide bonds. The van der Waals surface area contributed by atoms with Gasteiger partial charge in [0.1, 0.15) is 22.6 Å². The molecule has 0 radical (unpaired) electrons. The third-order valence-corrected chi connectivity index (χ3v) is 2.73. The van der Waals surface area contributed by atoms with Gasteiger partial charge in [-0.3, -0.25) is 0 Å². The summed E-state index contributed by atoms with van der Waals surface area (Å²) < 4.78 is 5.41. The van der Waals surface area contributed by atoms with Gasteiger partial charge in [-0.2, -0.15) is 5.26 Å². The van der Waals surface area contributed by atoms with Crippen molar-refractivity contribution in [3.63, 3.8) is 0 Å². The smallest absolute Gasteiger partial charge is 0.146 e. The van der Waals surface area contributed by atoms with Crippen molar-refractivity contribution in [2.75, 3.05) is 0 Å². The summed E-state index contributed by atoms with van der Waals surface area (Å²) in [5.41, 5.74) is 1.20. The van der Waals surface area contributed by atoms with E-state index in [4.69, 9.17) is 16.0 Å². The van der Waals surface area contributed by atoms with Crippen molar-refractivity contribution in [1.82, 2.24) is 0 Å². The monoisotopic (exact) mass is 243 g/mol. The highest BCUT2D eigenvalue weighted by Crippen LogP contribution is 2.30. The van der Waals surface area contributed by atoms with E-state index in [0.29, 0.717) is 16.4 Å². The van der Waals surface area contributed by atoms with E-state index in [0.717, 1.165) is 11.3 Å². The summed E-state index contributed by atoms with van der Waals surface area (Å²) >= 11 is 6.18. The Morgan fingerprint density at radius 1 is 1.18 bits per heavy atom. The summed E-state index contributed by atoms with van der Waals surface area (Å²) in [6.07, 6.45) is 0. The molecular formula is C14H10ClNO. The summed E-state index contributed by atoms with van der Waals surface area (Å²) in [5, 5.41) is 9.52. The molecule has 0 aliphatic rings. The second-order valence-electron chi connectivity index (χ2n) is 3.58. The van der Waals surface area contributed by atoms with E-state index in [2.05, 4.69) is 6.07 Å². The van der Waals surface area contributed by atoms with Gasteiger partial charge in [-0.05, 0) is 24.6 Å². The molecule has 0 saturated heterocycles. The number of furan rings is 1. The van der Waals surface area contributed by atoms with Crippen LogP contribution in [0.5, 0.6) is 0 Å². The Morgan fingerprint density at radius 2 is 1.88 bits per heavy atom. The standard InChI is InChI=1S/C14H10ClNO/c1-10-7-8-13(17-10)14(15)12(9-16)11-5-3-2-4-6-11/h2-8H,1H3. The number of rotatable bonds is 2. The van der Waals surface area contributed by atoms with E-state index < -0.39 is 0 Å². The van der Waals surface area contributed by atoms with E-state index in [1.807, 2.05) is 43.3 Å². The van der Waals surface area contributed by atoms with Crippen LogP contribution in [-0.2, 0) is 0 Å². The van der Waals surface area contributed by atoms with E-state index in [1.54, 1.807) is 6.07 Å². The Morgan fingerprint density at radius 3 is 2.41 bits per heavy atom. The number of allylic oxidation sites excluding steroid dienone is 1. The molecule has 1 heterocycles. The lowest BCUT2D eigenvalue weighted by Gasteiger charge is -2.01. The molecule has 2 rings (SSSR count). The van der Waals surface area contributed by atoms with Crippen LogP contribution in [0.2, 0.25) is 0 Å². The molecule has 0 spiro atoms. The van der Waals surface area contributed by atoms with E-state index in [-0.39, 0.29) is 0 Å². The molecular weight excluding hydrogens is 234 g/mol. The van der Waals surface area contributed by atoms with Crippen LogP contribution in [0.25, 0.3) is 10.6 Å². The minimum Gasteiger partial charge on any atom is -0.460 e. The average Bonchev–Trinajstić information content (AvgIpc) is 2.78. The van der Waals surface area contributed by atoms with Crippen molar-refractivity contribution in [1.29, 1.82) is 5.26 Å². The van der Waals surface area contributed by atoms with Crippen LogP contribution in [0.4, 0.5) is 0 Å². The molecule has 3 heteroatoms. The minimum atomic E-state index is 0.340. The fraction of sp³-hybridized carbons (Fsp3) is 0.0714. The summed E-state index contributed by atoms with van der Waals surface area (Å²) in [4.78, 5) is 0. The van der Waals surface area contributed by atoms with Gasteiger partial charge in [-0.25, -0.2) is 0 Å². The molecule has 0 fully saturated rings. The topological polar surface area (TPSA) is 36.9 Å². The molecule has 17 heavy (non-hydrogen) atoms. The van der Waals surface area contributed by atoms with Gasteiger partial charge in [0.25, 0.3) is 0 Å². The third-order valence-electron chi connectivity index (χ3n) is 2.35. The molecule has 84 valence electrons. The predicted molar refractivity (Wildman–Crippen MR) is 68.2 cm³/mol. The predicted octanol–water partition coefficient (Wildman–Crippen LogP) is 4.22. The van der Waals surface area contributed by atoms with Crippen molar-refractivity contribution in [3.05, 3.63) is 59.5 Å². The van der Waals surface area contributed by atoms with Gasteiger partial charge in [0.2, 0.25) is 0 Å². The number of aryl methyl sites for hydroxylation is 1. The van der Waals surface area contributed by atoms with Gasteiger partial charge >= 0.3 is 0 Å². The van der Waals surface area contributed by atoms with Crippen LogP contribution in [0.15, 0.2) is 46.9 Å². The Kier molecular flexibility index (Phi) is 3.32. The number of nitriles is 1. The van der Waals surface area contributed by atoms with Crippen LogP contribution in [-0.4, -0.2) is 0 Å². The molecule has 0 aliphatic carbocycles. The molecule has 0 saturated carbocycles. The first-order chi connectivity index (χ1) is 8.22.